The standard InChI is InChI=1S/C14H22N4O2S/c1-4-5-15-11(8-10(2)3)9-12-13(18(19)20)17-6-7-21-14(17)16-12/h6-7,10-11,15H,4-5,8-9H2,1-3H3. The van der Waals surface area contributed by atoms with E-state index in [4.69, 9.17) is 0 Å². The Kier molecular flexibility index (Phi) is 5.30. The second kappa shape index (κ2) is 7.00. The van der Waals surface area contributed by atoms with Gasteiger partial charge in [-0.15, -0.1) is 0 Å². The Bertz CT molecular complexity index is 605. The van der Waals surface area contributed by atoms with Crippen LogP contribution in [0.4, 0.5) is 5.82 Å². The number of thiazole rings is 1. The molecule has 0 fully saturated rings. The molecule has 0 aliphatic rings. The van der Waals surface area contributed by atoms with Gasteiger partial charge in [0, 0.05) is 17.8 Å². The van der Waals surface area contributed by atoms with Gasteiger partial charge >= 0.3 is 5.82 Å². The predicted molar refractivity (Wildman–Crippen MR) is 85.0 cm³/mol. The van der Waals surface area contributed by atoms with Gasteiger partial charge in [-0.25, -0.2) is 0 Å². The third kappa shape index (κ3) is 3.79. The molecule has 6 nitrogen and oxygen atoms in total. The van der Waals surface area contributed by atoms with Crippen molar-refractivity contribution in [3.63, 3.8) is 0 Å². The SMILES string of the molecule is CCCNC(Cc1nc2sccn2c1[N+](=O)[O-])CC(C)C. The van der Waals surface area contributed by atoms with Crippen LogP contribution < -0.4 is 5.32 Å². The molecule has 1 atom stereocenters. The summed E-state index contributed by atoms with van der Waals surface area (Å²) in [4.78, 5) is 16.2. The summed E-state index contributed by atoms with van der Waals surface area (Å²) in [5, 5.41) is 16.6. The van der Waals surface area contributed by atoms with E-state index in [0.717, 1.165) is 19.4 Å². The van der Waals surface area contributed by atoms with Crippen LogP contribution in [0.1, 0.15) is 39.3 Å². The first kappa shape index (κ1) is 15.9. The van der Waals surface area contributed by atoms with Crippen LogP contribution in [0.15, 0.2) is 11.6 Å². The summed E-state index contributed by atoms with van der Waals surface area (Å²) < 4.78 is 1.58. The summed E-state index contributed by atoms with van der Waals surface area (Å²) in [5.41, 5.74) is 0.584. The maximum Gasteiger partial charge on any atom is 0.351 e. The fraction of sp³-hybridized carbons (Fsp3) is 0.643. The molecule has 0 saturated heterocycles. The molecule has 1 N–H and O–H groups in total. The van der Waals surface area contributed by atoms with Gasteiger partial charge in [0.2, 0.25) is 0 Å². The molecule has 7 heteroatoms. The van der Waals surface area contributed by atoms with E-state index in [1.54, 1.807) is 10.6 Å². The van der Waals surface area contributed by atoms with Crippen LogP contribution in [-0.2, 0) is 6.42 Å². The lowest BCUT2D eigenvalue weighted by molar-refractivity contribution is -0.391. The Morgan fingerprint density at radius 2 is 2.29 bits per heavy atom. The van der Waals surface area contributed by atoms with Crippen molar-refractivity contribution in [2.75, 3.05) is 6.54 Å². The van der Waals surface area contributed by atoms with Gasteiger partial charge < -0.3 is 15.4 Å². The molecule has 0 aromatic carbocycles. The summed E-state index contributed by atoms with van der Waals surface area (Å²) in [6, 6.07) is 0.230. The molecular weight excluding hydrogens is 288 g/mol. The van der Waals surface area contributed by atoms with E-state index in [2.05, 4.69) is 31.1 Å². The zero-order valence-corrected chi connectivity index (χ0v) is 13.5. The maximum atomic E-state index is 11.3. The molecule has 0 saturated carbocycles. The normalized spacial score (nSPS) is 13.1. The lowest BCUT2D eigenvalue weighted by atomic mass is 9.99. The van der Waals surface area contributed by atoms with Gasteiger partial charge in [0.05, 0.1) is 0 Å². The van der Waals surface area contributed by atoms with Gasteiger partial charge in [0.25, 0.3) is 4.96 Å². The monoisotopic (exact) mass is 310 g/mol. The van der Waals surface area contributed by atoms with Gasteiger partial charge in [0.15, 0.2) is 0 Å². The molecule has 116 valence electrons. The van der Waals surface area contributed by atoms with Crippen LogP contribution in [0.3, 0.4) is 0 Å². The second-order valence-corrected chi connectivity index (χ2v) is 6.55. The van der Waals surface area contributed by atoms with E-state index >= 15 is 0 Å². The number of hydrogen-bond donors (Lipinski definition) is 1. The van der Waals surface area contributed by atoms with Crippen LogP contribution in [0.25, 0.3) is 4.96 Å². The minimum absolute atomic E-state index is 0.110. The maximum absolute atomic E-state index is 11.3. The molecule has 2 aromatic heterocycles. The molecule has 2 aromatic rings. The van der Waals surface area contributed by atoms with Crippen molar-refractivity contribution in [1.29, 1.82) is 0 Å². The molecular formula is C14H22N4O2S. The topological polar surface area (TPSA) is 72.5 Å². The summed E-state index contributed by atoms with van der Waals surface area (Å²) >= 11 is 1.43. The summed E-state index contributed by atoms with van der Waals surface area (Å²) in [7, 11) is 0. The molecule has 0 bridgehead atoms. The molecule has 0 amide bonds. The molecule has 0 radical (unpaired) electrons. The van der Waals surface area contributed by atoms with Gasteiger partial charge in [-0.05, 0) is 30.2 Å². The minimum Gasteiger partial charge on any atom is -0.358 e. The fourth-order valence-electron chi connectivity index (χ4n) is 2.54. The zero-order valence-electron chi connectivity index (χ0n) is 12.7. The van der Waals surface area contributed by atoms with Gasteiger partial charge in [-0.2, -0.15) is 9.38 Å². The zero-order chi connectivity index (χ0) is 15.4. The van der Waals surface area contributed by atoms with E-state index in [1.165, 1.54) is 11.3 Å². The van der Waals surface area contributed by atoms with E-state index < -0.39 is 0 Å². The van der Waals surface area contributed by atoms with E-state index in [9.17, 15) is 10.1 Å². The van der Waals surface area contributed by atoms with E-state index in [1.807, 2.05) is 5.38 Å². The van der Waals surface area contributed by atoms with Crippen molar-refractivity contribution in [1.82, 2.24) is 14.7 Å². The van der Waals surface area contributed by atoms with Crippen molar-refractivity contribution < 1.29 is 4.92 Å². The average molecular weight is 310 g/mol. The Morgan fingerprint density at radius 1 is 1.52 bits per heavy atom. The number of imidazole rings is 1. The molecule has 1 unspecified atom stereocenters. The first-order valence-electron chi connectivity index (χ1n) is 7.35. The van der Waals surface area contributed by atoms with Gasteiger partial charge in [0.1, 0.15) is 11.9 Å². The van der Waals surface area contributed by atoms with Crippen molar-refractivity contribution >= 4 is 22.1 Å². The van der Waals surface area contributed by atoms with Crippen molar-refractivity contribution in [2.45, 2.75) is 46.1 Å². The molecule has 21 heavy (non-hydrogen) atoms. The number of nitrogens with zero attached hydrogens (tertiary/aromatic N) is 3. The molecule has 0 aliphatic heterocycles. The lowest BCUT2D eigenvalue weighted by Gasteiger charge is -2.19. The van der Waals surface area contributed by atoms with Crippen molar-refractivity contribution in [2.24, 2.45) is 5.92 Å². The molecule has 0 spiro atoms. The van der Waals surface area contributed by atoms with Crippen LogP contribution in [0.5, 0.6) is 0 Å². The Labute approximate surface area is 128 Å². The molecule has 0 aliphatic carbocycles. The quantitative estimate of drug-likeness (QED) is 0.600. The third-order valence-corrected chi connectivity index (χ3v) is 4.11. The van der Waals surface area contributed by atoms with E-state index in [-0.39, 0.29) is 16.8 Å². The highest BCUT2D eigenvalue weighted by Gasteiger charge is 2.25. The number of hydrogen-bond acceptors (Lipinski definition) is 5. The Morgan fingerprint density at radius 3 is 2.90 bits per heavy atom. The fourth-order valence-corrected chi connectivity index (χ4v) is 3.27. The van der Waals surface area contributed by atoms with Crippen LogP contribution in [0.2, 0.25) is 0 Å². The summed E-state index contributed by atoms with van der Waals surface area (Å²) in [5.74, 6) is 0.653. The van der Waals surface area contributed by atoms with E-state index in [0.29, 0.717) is 23.0 Å². The van der Waals surface area contributed by atoms with Gasteiger partial charge in [-0.1, -0.05) is 32.1 Å². The largest absolute Gasteiger partial charge is 0.358 e. The van der Waals surface area contributed by atoms with Crippen molar-refractivity contribution in [3.05, 3.63) is 27.4 Å². The summed E-state index contributed by atoms with van der Waals surface area (Å²) in [6.45, 7) is 7.38. The first-order chi connectivity index (χ1) is 10.0. The second-order valence-electron chi connectivity index (χ2n) is 5.68. The predicted octanol–water partition coefficient (Wildman–Crippen LogP) is 3.26. The minimum atomic E-state index is -0.325. The molecule has 2 heterocycles. The molecule has 2 rings (SSSR count). The Hall–Kier alpha value is -1.47. The summed E-state index contributed by atoms with van der Waals surface area (Å²) in [6.07, 6.45) is 4.35. The Balaban J connectivity index is 2.24. The van der Waals surface area contributed by atoms with Crippen LogP contribution in [-0.4, -0.2) is 26.9 Å². The number of nitrogens with one attached hydrogen (secondary N) is 1. The average Bonchev–Trinajstić information content (AvgIpc) is 2.94. The highest BCUT2D eigenvalue weighted by Crippen LogP contribution is 2.25. The lowest BCUT2D eigenvalue weighted by Crippen LogP contribution is -2.33. The number of rotatable bonds is 8. The third-order valence-electron chi connectivity index (χ3n) is 3.36. The van der Waals surface area contributed by atoms with Crippen LogP contribution >= 0.6 is 11.3 Å². The first-order valence-corrected chi connectivity index (χ1v) is 8.23. The van der Waals surface area contributed by atoms with Crippen LogP contribution in [0, 0.1) is 16.0 Å². The smallest absolute Gasteiger partial charge is 0.351 e. The highest BCUT2D eigenvalue weighted by molar-refractivity contribution is 7.15. The van der Waals surface area contributed by atoms with Crippen molar-refractivity contribution in [3.8, 4) is 0 Å². The number of nitro groups is 1. The van der Waals surface area contributed by atoms with Gasteiger partial charge in [-0.3, -0.25) is 0 Å². The highest BCUT2D eigenvalue weighted by atomic mass is 32.1. The number of aromatic nitrogens is 2. The number of fused-ring (bicyclic) bond motifs is 1.